The smallest absolute Gasteiger partial charge is 0.104 e. The molecule has 0 aromatic heterocycles. The summed E-state index contributed by atoms with van der Waals surface area (Å²) >= 11 is 3.42. The van der Waals surface area contributed by atoms with E-state index in [9.17, 15) is 5.11 Å². The molecule has 1 atom stereocenters. The Balaban J connectivity index is 1.78. The molecule has 2 heteroatoms. The van der Waals surface area contributed by atoms with Gasteiger partial charge in [-0.1, -0.05) is 66.8 Å². The summed E-state index contributed by atoms with van der Waals surface area (Å²) in [5.41, 5.74) is 1.25. The maximum absolute atomic E-state index is 9.61. The largest absolute Gasteiger partial charge is 0.384 e. The van der Waals surface area contributed by atoms with Crippen molar-refractivity contribution in [3.05, 3.63) is 34.4 Å². The minimum Gasteiger partial charge on any atom is -0.384 e. The summed E-state index contributed by atoms with van der Waals surface area (Å²) in [6.07, 6.45) is 18.9. The van der Waals surface area contributed by atoms with Crippen molar-refractivity contribution in [1.29, 1.82) is 0 Å². The Labute approximate surface area is 132 Å². The van der Waals surface area contributed by atoms with Crippen LogP contribution >= 0.6 is 15.9 Å². The molecule has 1 nitrogen and oxygen atoms in total. The predicted octanol–water partition coefficient (Wildman–Crippen LogP) is 5.51. The van der Waals surface area contributed by atoms with Crippen LogP contribution in [-0.4, -0.2) is 11.2 Å². The van der Waals surface area contributed by atoms with Crippen LogP contribution in [0.4, 0.5) is 0 Å². The number of hydrogen-bond donors (Lipinski definition) is 1. The van der Waals surface area contributed by atoms with Gasteiger partial charge in [0.25, 0.3) is 0 Å². The van der Waals surface area contributed by atoms with Crippen LogP contribution in [0.15, 0.2) is 34.4 Å². The van der Waals surface area contributed by atoms with Crippen molar-refractivity contribution in [3.63, 3.8) is 0 Å². The molecule has 0 aromatic carbocycles. The van der Waals surface area contributed by atoms with Gasteiger partial charge in [-0.3, -0.25) is 0 Å². The molecule has 1 saturated carbocycles. The van der Waals surface area contributed by atoms with E-state index in [1.54, 1.807) is 0 Å². The quantitative estimate of drug-likeness (QED) is 0.655. The fraction of sp³-hybridized carbons (Fsp3) is 0.667. The van der Waals surface area contributed by atoms with E-state index in [1.807, 2.05) is 12.2 Å². The molecule has 1 fully saturated rings. The molecule has 2 rings (SSSR count). The van der Waals surface area contributed by atoms with E-state index in [2.05, 4.69) is 35.0 Å². The normalized spacial score (nSPS) is 32.5. The molecule has 0 saturated heterocycles. The van der Waals surface area contributed by atoms with E-state index in [0.717, 1.165) is 16.3 Å². The van der Waals surface area contributed by atoms with Gasteiger partial charge < -0.3 is 5.11 Å². The summed E-state index contributed by atoms with van der Waals surface area (Å²) in [5, 5.41) is 9.61. The molecule has 0 spiro atoms. The Bertz CT molecular complexity index is 386. The molecular formula is C18H27BrO. The number of aliphatic hydroxyl groups excluding tert-OH is 1. The Morgan fingerprint density at radius 1 is 1.25 bits per heavy atom. The topological polar surface area (TPSA) is 20.2 Å². The SMILES string of the molecule is CCCCCC1CCC(/C=C2/C=CC(O)C(Br)=C2)CC1. The number of halogens is 1. The van der Waals surface area contributed by atoms with Crippen LogP contribution in [0.2, 0.25) is 0 Å². The lowest BCUT2D eigenvalue weighted by atomic mass is 9.79. The lowest BCUT2D eigenvalue weighted by molar-refractivity contribution is 0.267. The van der Waals surface area contributed by atoms with Gasteiger partial charge in [-0.25, -0.2) is 0 Å². The van der Waals surface area contributed by atoms with Crippen molar-refractivity contribution in [3.8, 4) is 0 Å². The van der Waals surface area contributed by atoms with Gasteiger partial charge in [0.2, 0.25) is 0 Å². The van der Waals surface area contributed by atoms with Gasteiger partial charge in [-0.2, -0.15) is 0 Å². The van der Waals surface area contributed by atoms with Crippen molar-refractivity contribution in [2.24, 2.45) is 11.8 Å². The Morgan fingerprint density at radius 3 is 2.65 bits per heavy atom. The summed E-state index contributed by atoms with van der Waals surface area (Å²) in [5.74, 6) is 1.70. The first-order valence-electron chi connectivity index (χ1n) is 8.14. The second kappa shape index (κ2) is 8.19. The summed E-state index contributed by atoms with van der Waals surface area (Å²) in [7, 11) is 0. The molecular weight excluding hydrogens is 312 g/mol. The Kier molecular flexibility index (Phi) is 6.57. The highest BCUT2D eigenvalue weighted by Crippen LogP contribution is 2.34. The van der Waals surface area contributed by atoms with E-state index in [4.69, 9.17) is 0 Å². The summed E-state index contributed by atoms with van der Waals surface area (Å²) < 4.78 is 0.875. The highest BCUT2D eigenvalue weighted by atomic mass is 79.9. The molecule has 0 heterocycles. The van der Waals surface area contributed by atoms with Gasteiger partial charge >= 0.3 is 0 Å². The van der Waals surface area contributed by atoms with Crippen molar-refractivity contribution in [2.45, 2.75) is 64.4 Å². The van der Waals surface area contributed by atoms with Crippen molar-refractivity contribution in [2.75, 3.05) is 0 Å². The van der Waals surface area contributed by atoms with Crippen molar-refractivity contribution in [1.82, 2.24) is 0 Å². The average Bonchev–Trinajstić information content (AvgIpc) is 2.45. The zero-order valence-electron chi connectivity index (χ0n) is 12.5. The van der Waals surface area contributed by atoms with Gasteiger partial charge in [0.05, 0.1) is 0 Å². The molecule has 1 unspecified atom stereocenters. The van der Waals surface area contributed by atoms with Crippen molar-refractivity contribution >= 4 is 15.9 Å². The van der Waals surface area contributed by atoms with Crippen LogP contribution in [-0.2, 0) is 0 Å². The monoisotopic (exact) mass is 338 g/mol. The number of hydrogen-bond acceptors (Lipinski definition) is 1. The molecule has 0 radical (unpaired) electrons. The highest BCUT2D eigenvalue weighted by molar-refractivity contribution is 9.11. The van der Waals surface area contributed by atoms with Gasteiger partial charge in [0, 0.05) is 4.48 Å². The molecule has 0 aliphatic heterocycles. The zero-order chi connectivity index (χ0) is 14.4. The van der Waals surface area contributed by atoms with Crippen LogP contribution < -0.4 is 0 Å². The molecule has 112 valence electrons. The standard InChI is InChI=1S/C18H27BrO/c1-2-3-4-5-14-6-8-15(9-7-14)12-16-10-11-18(20)17(19)13-16/h10-15,18,20H,2-9H2,1H3/b16-12-. The fourth-order valence-electron chi connectivity index (χ4n) is 3.29. The van der Waals surface area contributed by atoms with E-state index in [-0.39, 0.29) is 0 Å². The minimum atomic E-state index is -0.457. The van der Waals surface area contributed by atoms with Gasteiger partial charge in [0.1, 0.15) is 6.10 Å². The van der Waals surface area contributed by atoms with Crippen LogP contribution in [0.5, 0.6) is 0 Å². The lowest BCUT2D eigenvalue weighted by Gasteiger charge is -2.27. The number of allylic oxidation sites excluding steroid dienone is 4. The summed E-state index contributed by atoms with van der Waals surface area (Å²) in [6, 6.07) is 0. The molecule has 0 aromatic rings. The zero-order valence-corrected chi connectivity index (χ0v) is 14.1. The molecule has 0 bridgehead atoms. The van der Waals surface area contributed by atoms with E-state index in [1.165, 1.54) is 56.9 Å². The third kappa shape index (κ3) is 4.89. The summed E-state index contributed by atoms with van der Waals surface area (Å²) in [6.45, 7) is 2.28. The third-order valence-electron chi connectivity index (χ3n) is 4.59. The summed E-state index contributed by atoms with van der Waals surface area (Å²) in [4.78, 5) is 0. The Hall–Kier alpha value is -0.340. The molecule has 1 N–H and O–H groups in total. The number of rotatable bonds is 5. The van der Waals surface area contributed by atoms with Gasteiger partial charge in [-0.15, -0.1) is 0 Å². The van der Waals surface area contributed by atoms with Crippen LogP contribution in [0.25, 0.3) is 0 Å². The highest BCUT2D eigenvalue weighted by Gasteiger charge is 2.20. The van der Waals surface area contributed by atoms with E-state index >= 15 is 0 Å². The average molecular weight is 339 g/mol. The Morgan fingerprint density at radius 2 is 2.00 bits per heavy atom. The minimum absolute atomic E-state index is 0.457. The van der Waals surface area contributed by atoms with E-state index in [0.29, 0.717) is 0 Å². The molecule has 0 amide bonds. The first-order chi connectivity index (χ1) is 9.69. The van der Waals surface area contributed by atoms with Crippen LogP contribution in [0.3, 0.4) is 0 Å². The third-order valence-corrected chi connectivity index (χ3v) is 5.29. The van der Waals surface area contributed by atoms with Crippen molar-refractivity contribution < 1.29 is 5.11 Å². The molecule has 20 heavy (non-hydrogen) atoms. The van der Waals surface area contributed by atoms with Gasteiger partial charge in [0.15, 0.2) is 0 Å². The first-order valence-corrected chi connectivity index (χ1v) is 8.93. The maximum Gasteiger partial charge on any atom is 0.104 e. The predicted molar refractivity (Wildman–Crippen MR) is 89.8 cm³/mol. The maximum atomic E-state index is 9.61. The van der Waals surface area contributed by atoms with Crippen LogP contribution in [0, 0.1) is 11.8 Å². The fourth-order valence-corrected chi connectivity index (χ4v) is 3.71. The van der Waals surface area contributed by atoms with E-state index < -0.39 is 6.10 Å². The second-order valence-electron chi connectivity index (χ2n) is 6.28. The molecule has 2 aliphatic carbocycles. The van der Waals surface area contributed by atoms with Crippen LogP contribution in [0.1, 0.15) is 58.3 Å². The number of aliphatic hydroxyl groups is 1. The first kappa shape index (κ1) is 16.0. The molecule has 2 aliphatic rings. The number of unbranched alkanes of at least 4 members (excludes halogenated alkanes) is 2. The van der Waals surface area contributed by atoms with Gasteiger partial charge in [-0.05, 0) is 49.2 Å². The lowest BCUT2D eigenvalue weighted by Crippen LogP contribution is -2.14. The second-order valence-corrected chi connectivity index (χ2v) is 7.19.